The van der Waals surface area contributed by atoms with Crippen molar-refractivity contribution in [3.8, 4) is 5.75 Å². The van der Waals surface area contributed by atoms with Gasteiger partial charge in [0.1, 0.15) is 11.4 Å². The molecule has 0 saturated heterocycles. The van der Waals surface area contributed by atoms with Gasteiger partial charge in [0.05, 0.1) is 6.10 Å². The number of rotatable bonds is 3. The number of carbonyl (C=O) groups is 1. The molecule has 0 spiro atoms. The number of hydrogen-bond acceptors (Lipinski definition) is 3. The lowest BCUT2D eigenvalue weighted by atomic mass is 10.2. The van der Waals surface area contributed by atoms with Crippen LogP contribution in [0.3, 0.4) is 0 Å². The van der Waals surface area contributed by atoms with E-state index in [-0.39, 0.29) is 5.91 Å². The lowest BCUT2D eigenvalue weighted by Gasteiger charge is -2.12. The van der Waals surface area contributed by atoms with E-state index in [9.17, 15) is 4.79 Å². The smallest absolute Gasteiger partial charge is 0.272 e. The highest BCUT2D eigenvalue weighted by atomic mass is 16.5. The average Bonchev–Trinajstić information content (AvgIpc) is 3.04. The summed E-state index contributed by atoms with van der Waals surface area (Å²) in [5, 5.41) is 0. The van der Waals surface area contributed by atoms with Crippen molar-refractivity contribution < 1.29 is 9.53 Å². The predicted octanol–water partition coefficient (Wildman–Crippen LogP) is 1.63. The number of pyridine rings is 1. The van der Waals surface area contributed by atoms with Crippen molar-refractivity contribution in [2.24, 2.45) is 0 Å². The Bertz CT molecular complexity index is 411. The second kappa shape index (κ2) is 4.12. The highest BCUT2D eigenvalue weighted by Crippen LogP contribution is 2.29. The Morgan fingerprint density at radius 3 is 2.75 bits per heavy atom. The molecule has 0 bridgehead atoms. The van der Waals surface area contributed by atoms with Gasteiger partial charge >= 0.3 is 0 Å². The lowest BCUT2D eigenvalue weighted by Crippen LogP contribution is -2.22. The quantitative estimate of drug-likeness (QED) is 0.777. The molecule has 0 aliphatic heterocycles. The van der Waals surface area contributed by atoms with Gasteiger partial charge in [-0.25, -0.2) is 0 Å². The number of carbonyl (C=O) groups excluding carboxylic acids is 1. The zero-order valence-electron chi connectivity index (χ0n) is 9.86. The monoisotopic (exact) mass is 220 g/mol. The molecule has 1 aliphatic carbocycles. The van der Waals surface area contributed by atoms with Gasteiger partial charge in [0.2, 0.25) is 0 Å². The number of aryl methyl sites for hydroxylation is 1. The fraction of sp³-hybridized carbons (Fsp3) is 0.500. The maximum absolute atomic E-state index is 11.7. The second-order valence-electron chi connectivity index (χ2n) is 4.35. The van der Waals surface area contributed by atoms with Gasteiger partial charge in [0.15, 0.2) is 0 Å². The van der Waals surface area contributed by atoms with Crippen molar-refractivity contribution >= 4 is 5.91 Å². The third kappa shape index (κ3) is 2.32. The van der Waals surface area contributed by atoms with Gasteiger partial charge in [-0.15, -0.1) is 0 Å². The van der Waals surface area contributed by atoms with Crippen LogP contribution in [0.5, 0.6) is 5.75 Å². The zero-order valence-corrected chi connectivity index (χ0v) is 9.86. The SMILES string of the molecule is Cc1cnc(C(=O)N(C)C)cc1OC1CC1. The van der Waals surface area contributed by atoms with E-state index in [1.807, 2.05) is 6.92 Å². The van der Waals surface area contributed by atoms with E-state index in [2.05, 4.69) is 4.98 Å². The number of amides is 1. The average molecular weight is 220 g/mol. The Kier molecular flexibility index (Phi) is 2.81. The normalized spacial score (nSPS) is 14.7. The first-order chi connectivity index (χ1) is 7.58. The van der Waals surface area contributed by atoms with Crippen LogP contribution in [0, 0.1) is 6.92 Å². The molecule has 0 unspecified atom stereocenters. The van der Waals surface area contributed by atoms with E-state index in [4.69, 9.17) is 4.74 Å². The van der Waals surface area contributed by atoms with Crippen LogP contribution >= 0.6 is 0 Å². The molecule has 1 heterocycles. The van der Waals surface area contributed by atoms with Gasteiger partial charge in [0.25, 0.3) is 5.91 Å². The minimum Gasteiger partial charge on any atom is -0.490 e. The first-order valence-corrected chi connectivity index (χ1v) is 5.43. The molecule has 1 fully saturated rings. The van der Waals surface area contributed by atoms with Crippen molar-refractivity contribution in [2.45, 2.75) is 25.9 Å². The standard InChI is InChI=1S/C12H16N2O2/c1-8-7-13-10(12(15)14(2)3)6-11(8)16-9-4-5-9/h6-7,9H,4-5H2,1-3H3. The maximum atomic E-state index is 11.7. The first kappa shape index (κ1) is 10.9. The van der Waals surface area contributed by atoms with Crippen LogP contribution in [0.4, 0.5) is 0 Å². The molecule has 0 radical (unpaired) electrons. The van der Waals surface area contributed by atoms with Crippen LogP contribution in [-0.4, -0.2) is 36.0 Å². The van der Waals surface area contributed by atoms with Crippen molar-refractivity contribution in [1.82, 2.24) is 9.88 Å². The third-order valence-corrected chi connectivity index (χ3v) is 2.50. The van der Waals surface area contributed by atoms with Gasteiger partial charge < -0.3 is 9.64 Å². The fourth-order valence-electron chi connectivity index (χ4n) is 1.34. The summed E-state index contributed by atoms with van der Waals surface area (Å²) >= 11 is 0. The molecular formula is C12H16N2O2. The first-order valence-electron chi connectivity index (χ1n) is 5.43. The van der Waals surface area contributed by atoms with Crippen molar-refractivity contribution in [1.29, 1.82) is 0 Å². The van der Waals surface area contributed by atoms with Gasteiger partial charge in [-0.05, 0) is 19.8 Å². The molecule has 2 rings (SSSR count). The number of ether oxygens (including phenoxy) is 1. The molecule has 4 nitrogen and oxygen atoms in total. The highest BCUT2D eigenvalue weighted by Gasteiger charge is 2.24. The molecule has 16 heavy (non-hydrogen) atoms. The van der Waals surface area contributed by atoms with E-state index in [1.54, 1.807) is 26.4 Å². The number of hydrogen-bond donors (Lipinski definition) is 0. The van der Waals surface area contributed by atoms with Crippen LogP contribution in [-0.2, 0) is 0 Å². The molecule has 1 amide bonds. The van der Waals surface area contributed by atoms with E-state index >= 15 is 0 Å². The van der Waals surface area contributed by atoms with Crippen LogP contribution in [0.25, 0.3) is 0 Å². The summed E-state index contributed by atoms with van der Waals surface area (Å²) in [5.74, 6) is 0.684. The van der Waals surface area contributed by atoms with E-state index in [1.165, 1.54) is 4.90 Å². The van der Waals surface area contributed by atoms with Crippen molar-refractivity contribution in [3.63, 3.8) is 0 Å². The summed E-state index contributed by atoms with van der Waals surface area (Å²) in [5.41, 5.74) is 1.41. The molecule has 1 aromatic heterocycles. The lowest BCUT2D eigenvalue weighted by molar-refractivity contribution is 0.0821. The molecule has 0 N–H and O–H groups in total. The Hall–Kier alpha value is -1.58. The fourth-order valence-corrected chi connectivity index (χ4v) is 1.34. The van der Waals surface area contributed by atoms with E-state index < -0.39 is 0 Å². The second-order valence-corrected chi connectivity index (χ2v) is 4.35. The molecule has 0 aromatic carbocycles. The Labute approximate surface area is 95.2 Å². The number of aromatic nitrogens is 1. The highest BCUT2D eigenvalue weighted by molar-refractivity contribution is 5.92. The van der Waals surface area contributed by atoms with Gasteiger partial charge in [0, 0.05) is 31.9 Å². The van der Waals surface area contributed by atoms with Crippen LogP contribution in [0.1, 0.15) is 28.9 Å². The Morgan fingerprint density at radius 1 is 1.50 bits per heavy atom. The molecule has 1 saturated carbocycles. The van der Waals surface area contributed by atoms with Crippen LogP contribution in [0.15, 0.2) is 12.3 Å². The largest absolute Gasteiger partial charge is 0.490 e. The van der Waals surface area contributed by atoms with Gasteiger partial charge in [-0.1, -0.05) is 0 Å². The Balaban J connectivity index is 2.23. The minimum absolute atomic E-state index is 0.0966. The summed E-state index contributed by atoms with van der Waals surface area (Å²) in [6.45, 7) is 1.94. The van der Waals surface area contributed by atoms with Crippen LogP contribution < -0.4 is 4.74 Å². The van der Waals surface area contributed by atoms with Gasteiger partial charge in [-0.2, -0.15) is 0 Å². The van der Waals surface area contributed by atoms with Crippen LogP contribution in [0.2, 0.25) is 0 Å². The number of nitrogens with zero attached hydrogens (tertiary/aromatic N) is 2. The summed E-state index contributed by atoms with van der Waals surface area (Å²) in [6, 6.07) is 1.73. The molecule has 0 atom stereocenters. The predicted molar refractivity (Wildman–Crippen MR) is 60.6 cm³/mol. The molecule has 86 valence electrons. The summed E-state index contributed by atoms with van der Waals surface area (Å²) in [6.07, 6.45) is 4.25. The van der Waals surface area contributed by atoms with E-state index in [0.29, 0.717) is 11.8 Å². The molecular weight excluding hydrogens is 204 g/mol. The molecule has 1 aromatic rings. The third-order valence-electron chi connectivity index (χ3n) is 2.50. The zero-order chi connectivity index (χ0) is 11.7. The van der Waals surface area contributed by atoms with E-state index in [0.717, 1.165) is 24.2 Å². The molecule has 4 heteroatoms. The summed E-state index contributed by atoms with van der Waals surface area (Å²) < 4.78 is 5.72. The Morgan fingerprint density at radius 2 is 2.19 bits per heavy atom. The summed E-state index contributed by atoms with van der Waals surface area (Å²) in [4.78, 5) is 17.3. The molecule has 1 aliphatic rings. The maximum Gasteiger partial charge on any atom is 0.272 e. The summed E-state index contributed by atoms with van der Waals surface area (Å²) in [7, 11) is 3.43. The minimum atomic E-state index is -0.0966. The van der Waals surface area contributed by atoms with Crippen molar-refractivity contribution in [3.05, 3.63) is 23.5 Å². The van der Waals surface area contributed by atoms with Crippen molar-refractivity contribution in [2.75, 3.05) is 14.1 Å². The topological polar surface area (TPSA) is 42.4 Å². The van der Waals surface area contributed by atoms with Gasteiger partial charge in [-0.3, -0.25) is 9.78 Å².